The first-order valence-electron chi connectivity index (χ1n) is 9.44. The Bertz CT molecular complexity index is 944. The molecule has 1 N–H and O–H groups in total. The standard InChI is InChI=1S/C21H25ClN2O3S/c1-3-20(24(28(2,26)27)17-13-11-16(22)12-14-17)21(25)23-19-10-6-8-15-7-4-5-9-18(15)19/h4-5,7,9,11-14,19-20H,3,6,8,10H2,1-2H3,(H,23,25)/t19-,20-/m1/s1. The van der Waals surface area contributed by atoms with Gasteiger partial charge in [-0.1, -0.05) is 42.8 Å². The van der Waals surface area contributed by atoms with Crippen LogP contribution in [0.15, 0.2) is 48.5 Å². The average Bonchev–Trinajstić information content (AvgIpc) is 2.66. The molecular formula is C21H25ClN2O3S. The summed E-state index contributed by atoms with van der Waals surface area (Å²) in [5.41, 5.74) is 2.79. The first kappa shape index (κ1) is 20.7. The molecule has 150 valence electrons. The van der Waals surface area contributed by atoms with Crippen LogP contribution < -0.4 is 9.62 Å². The van der Waals surface area contributed by atoms with Gasteiger partial charge in [-0.3, -0.25) is 9.10 Å². The van der Waals surface area contributed by atoms with E-state index in [0.717, 1.165) is 31.1 Å². The molecule has 0 aliphatic heterocycles. The maximum atomic E-state index is 13.1. The van der Waals surface area contributed by atoms with Gasteiger partial charge in [0.25, 0.3) is 0 Å². The molecule has 1 aliphatic carbocycles. The van der Waals surface area contributed by atoms with Gasteiger partial charge in [-0.25, -0.2) is 8.42 Å². The Morgan fingerprint density at radius 2 is 1.89 bits per heavy atom. The topological polar surface area (TPSA) is 66.5 Å². The van der Waals surface area contributed by atoms with E-state index in [1.165, 1.54) is 9.87 Å². The van der Waals surface area contributed by atoms with E-state index in [1.54, 1.807) is 24.3 Å². The number of hydrogen-bond acceptors (Lipinski definition) is 3. The van der Waals surface area contributed by atoms with Crippen LogP contribution in [0.2, 0.25) is 5.02 Å². The van der Waals surface area contributed by atoms with Crippen molar-refractivity contribution in [2.75, 3.05) is 10.6 Å². The number of hydrogen-bond donors (Lipinski definition) is 1. The largest absolute Gasteiger partial charge is 0.347 e. The molecule has 1 amide bonds. The van der Waals surface area contributed by atoms with Gasteiger partial charge in [-0.2, -0.15) is 0 Å². The van der Waals surface area contributed by atoms with E-state index in [-0.39, 0.29) is 11.9 Å². The highest BCUT2D eigenvalue weighted by Gasteiger charge is 2.33. The molecule has 1 aliphatic rings. The summed E-state index contributed by atoms with van der Waals surface area (Å²) < 4.78 is 26.2. The molecule has 0 unspecified atom stereocenters. The monoisotopic (exact) mass is 420 g/mol. The van der Waals surface area contributed by atoms with E-state index >= 15 is 0 Å². The van der Waals surface area contributed by atoms with Crippen LogP contribution >= 0.6 is 11.6 Å². The smallest absolute Gasteiger partial charge is 0.244 e. The number of sulfonamides is 1. The third kappa shape index (κ3) is 4.50. The molecular weight excluding hydrogens is 396 g/mol. The molecule has 0 bridgehead atoms. The highest BCUT2D eigenvalue weighted by molar-refractivity contribution is 7.92. The Labute approximate surface area is 171 Å². The van der Waals surface area contributed by atoms with Crippen molar-refractivity contribution in [2.24, 2.45) is 0 Å². The molecule has 2 aromatic rings. The van der Waals surface area contributed by atoms with Crippen LogP contribution in [0.3, 0.4) is 0 Å². The zero-order valence-corrected chi connectivity index (χ0v) is 17.6. The lowest BCUT2D eigenvalue weighted by atomic mass is 9.87. The molecule has 7 heteroatoms. The van der Waals surface area contributed by atoms with Gasteiger partial charge in [0, 0.05) is 5.02 Å². The van der Waals surface area contributed by atoms with Crippen molar-refractivity contribution >= 4 is 33.2 Å². The Morgan fingerprint density at radius 3 is 2.54 bits per heavy atom. The quantitative estimate of drug-likeness (QED) is 0.765. The molecule has 0 saturated heterocycles. The van der Waals surface area contributed by atoms with Crippen LogP contribution in [0, 0.1) is 0 Å². The minimum absolute atomic E-state index is 0.0990. The van der Waals surface area contributed by atoms with Gasteiger partial charge in [0.15, 0.2) is 0 Å². The van der Waals surface area contributed by atoms with Gasteiger partial charge in [0.05, 0.1) is 18.0 Å². The minimum atomic E-state index is -3.66. The fourth-order valence-corrected chi connectivity index (χ4v) is 5.16. The van der Waals surface area contributed by atoms with Crippen LogP contribution in [0.4, 0.5) is 5.69 Å². The number of carbonyl (C=O) groups is 1. The van der Waals surface area contributed by atoms with Crippen LogP contribution in [-0.2, 0) is 21.2 Å². The van der Waals surface area contributed by atoms with Crippen molar-refractivity contribution < 1.29 is 13.2 Å². The molecule has 0 heterocycles. The third-order valence-electron chi connectivity index (χ3n) is 5.10. The summed E-state index contributed by atoms with van der Waals surface area (Å²) >= 11 is 5.94. The Morgan fingerprint density at radius 1 is 1.21 bits per heavy atom. The van der Waals surface area contributed by atoms with E-state index in [2.05, 4.69) is 11.4 Å². The van der Waals surface area contributed by atoms with Crippen LogP contribution in [0.25, 0.3) is 0 Å². The second-order valence-electron chi connectivity index (χ2n) is 7.11. The zero-order chi connectivity index (χ0) is 20.3. The number of rotatable bonds is 6. The van der Waals surface area contributed by atoms with Crippen LogP contribution in [0.1, 0.15) is 43.4 Å². The van der Waals surface area contributed by atoms with Crippen molar-refractivity contribution in [2.45, 2.75) is 44.7 Å². The summed E-state index contributed by atoms with van der Waals surface area (Å²) in [6.07, 6.45) is 4.31. The number of halogens is 1. The highest BCUT2D eigenvalue weighted by Crippen LogP contribution is 2.30. The fraction of sp³-hybridized carbons (Fsp3) is 0.381. The number of benzene rings is 2. The van der Waals surface area contributed by atoms with Gasteiger partial charge < -0.3 is 5.32 Å². The summed E-state index contributed by atoms with van der Waals surface area (Å²) in [6.45, 7) is 1.81. The first-order chi connectivity index (χ1) is 13.3. The van der Waals surface area contributed by atoms with Crippen LogP contribution in [0.5, 0.6) is 0 Å². The maximum absolute atomic E-state index is 13.1. The van der Waals surface area contributed by atoms with E-state index in [1.807, 2.05) is 25.1 Å². The van der Waals surface area contributed by atoms with Gasteiger partial charge in [-0.05, 0) is 61.1 Å². The summed E-state index contributed by atoms with van der Waals surface area (Å²) in [6, 6.07) is 13.7. The Balaban J connectivity index is 1.88. The van der Waals surface area contributed by atoms with Gasteiger partial charge in [-0.15, -0.1) is 0 Å². The third-order valence-corrected chi connectivity index (χ3v) is 6.53. The summed E-state index contributed by atoms with van der Waals surface area (Å²) in [7, 11) is -3.66. The van der Waals surface area contributed by atoms with Crippen molar-refractivity contribution in [3.8, 4) is 0 Å². The molecule has 2 aromatic carbocycles. The van der Waals surface area contributed by atoms with Gasteiger partial charge in [0.2, 0.25) is 15.9 Å². The normalized spacial score (nSPS) is 17.5. The second-order valence-corrected chi connectivity index (χ2v) is 9.41. The number of nitrogens with zero attached hydrogens (tertiary/aromatic N) is 1. The minimum Gasteiger partial charge on any atom is -0.347 e. The molecule has 3 rings (SSSR count). The van der Waals surface area contributed by atoms with E-state index < -0.39 is 16.1 Å². The number of nitrogens with one attached hydrogen (secondary N) is 1. The zero-order valence-electron chi connectivity index (χ0n) is 16.1. The maximum Gasteiger partial charge on any atom is 0.244 e. The lowest BCUT2D eigenvalue weighted by Gasteiger charge is -2.33. The molecule has 0 aromatic heterocycles. The van der Waals surface area contributed by atoms with Crippen molar-refractivity contribution in [1.29, 1.82) is 0 Å². The van der Waals surface area contributed by atoms with Crippen molar-refractivity contribution in [3.05, 3.63) is 64.7 Å². The molecule has 0 fully saturated rings. The van der Waals surface area contributed by atoms with E-state index in [0.29, 0.717) is 17.1 Å². The lowest BCUT2D eigenvalue weighted by molar-refractivity contribution is -0.123. The van der Waals surface area contributed by atoms with Crippen LogP contribution in [-0.4, -0.2) is 26.6 Å². The summed E-state index contributed by atoms with van der Waals surface area (Å²) in [5.74, 6) is -0.287. The van der Waals surface area contributed by atoms with Crippen molar-refractivity contribution in [1.82, 2.24) is 5.32 Å². The average molecular weight is 421 g/mol. The fourth-order valence-electron chi connectivity index (χ4n) is 3.82. The highest BCUT2D eigenvalue weighted by atomic mass is 35.5. The Kier molecular flexibility index (Phi) is 6.30. The molecule has 0 saturated carbocycles. The number of carbonyl (C=O) groups excluding carboxylic acids is 1. The van der Waals surface area contributed by atoms with Gasteiger partial charge in [0.1, 0.15) is 6.04 Å². The van der Waals surface area contributed by atoms with Gasteiger partial charge >= 0.3 is 0 Å². The molecule has 5 nitrogen and oxygen atoms in total. The summed E-state index contributed by atoms with van der Waals surface area (Å²) in [5, 5.41) is 3.60. The molecule has 0 radical (unpaired) electrons. The second kappa shape index (κ2) is 8.53. The lowest BCUT2D eigenvalue weighted by Crippen LogP contribution is -2.50. The van der Waals surface area contributed by atoms with E-state index in [9.17, 15) is 13.2 Å². The number of amides is 1. The predicted molar refractivity (Wildman–Crippen MR) is 113 cm³/mol. The first-order valence-corrected chi connectivity index (χ1v) is 11.7. The van der Waals surface area contributed by atoms with Crippen molar-refractivity contribution in [3.63, 3.8) is 0 Å². The molecule has 28 heavy (non-hydrogen) atoms. The summed E-state index contributed by atoms with van der Waals surface area (Å²) in [4.78, 5) is 13.1. The molecule has 2 atom stereocenters. The SMILES string of the molecule is CC[C@H](C(=O)N[C@@H]1CCCc2ccccc21)N(c1ccc(Cl)cc1)S(C)(=O)=O. The molecule has 0 spiro atoms. The predicted octanol–water partition coefficient (Wildman–Crippen LogP) is 4.08. The number of fused-ring (bicyclic) bond motifs is 1. The Hall–Kier alpha value is -2.05. The number of anilines is 1. The van der Waals surface area contributed by atoms with E-state index in [4.69, 9.17) is 11.6 Å². The number of aryl methyl sites for hydroxylation is 1.